The van der Waals surface area contributed by atoms with Crippen LogP contribution < -0.4 is 15.6 Å². The van der Waals surface area contributed by atoms with Gasteiger partial charge in [0.05, 0.1) is 12.7 Å². The highest BCUT2D eigenvalue weighted by molar-refractivity contribution is 7.98. The summed E-state index contributed by atoms with van der Waals surface area (Å²) in [7, 11) is 1.46. The second kappa shape index (κ2) is 5.96. The number of rotatable bonds is 3. The van der Waals surface area contributed by atoms with Gasteiger partial charge in [-0.05, 0) is 24.0 Å². The van der Waals surface area contributed by atoms with Crippen molar-refractivity contribution < 1.29 is 14.6 Å². The molecule has 2 heterocycles. The van der Waals surface area contributed by atoms with Crippen LogP contribution in [-0.2, 0) is 4.79 Å². The molecule has 7 nitrogen and oxygen atoms in total. The Balaban J connectivity index is 2.14. The van der Waals surface area contributed by atoms with Gasteiger partial charge in [0, 0.05) is 12.3 Å². The minimum Gasteiger partial charge on any atom is -0.504 e. The van der Waals surface area contributed by atoms with Crippen LogP contribution in [0.15, 0.2) is 28.2 Å². The second-order valence-electron chi connectivity index (χ2n) is 5.07. The van der Waals surface area contributed by atoms with Crippen LogP contribution in [0.5, 0.6) is 11.5 Å². The first-order valence-corrected chi connectivity index (χ1v) is 8.11. The molecule has 0 fully saturated rings. The second-order valence-corrected chi connectivity index (χ2v) is 5.87. The molecule has 3 N–H and O–H groups in total. The molecule has 0 bridgehead atoms. The largest absolute Gasteiger partial charge is 0.504 e. The normalized spacial score (nSPS) is 16.6. The molecule has 0 aliphatic carbocycles. The SMILES string of the molecule is COc1ccc(C2CC(=O)Nc3nc(SC)[nH]c(=O)c32)cc1O. The number of carbonyl (C=O) groups excluding carboxylic acids is 1. The predicted octanol–water partition coefficient (Wildman–Crippen LogP) is 1.68. The van der Waals surface area contributed by atoms with Crippen LogP contribution in [0.2, 0.25) is 0 Å². The van der Waals surface area contributed by atoms with Gasteiger partial charge in [-0.2, -0.15) is 0 Å². The molecule has 1 aromatic carbocycles. The molecule has 1 aromatic heterocycles. The van der Waals surface area contributed by atoms with Crippen molar-refractivity contribution in [2.24, 2.45) is 0 Å². The molecular weight excluding hydrogens is 318 g/mol. The van der Waals surface area contributed by atoms with Gasteiger partial charge >= 0.3 is 0 Å². The van der Waals surface area contributed by atoms with Gasteiger partial charge in [0.25, 0.3) is 5.56 Å². The number of phenolic OH excluding ortho intramolecular Hbond substituents is 1. The number of hydrogen-bond acceptors (Lipinski definition) is 6. The molecule has 1 aliphatic rings. The lowest BCUT2D eigenvalue weighted by atomic mass is 9.86. The van der Waals surface area contributed by atoms with E-state index in [0.717, 1.165) is 0 Å². The third-order valence-electron chi connectivity index (χ3n) is 3.73. The summed E-state index contributed by atoms with van der Waals surface area (Å²) in [6.07, 6.45) is 1.90. The summed E-state index contributed by atoms with van der Waals surface area (Å²) in [5, 5.41) is 13.0. The lowest BCUT2D eigenvalue weighted by Gasteiger charge is -2.24. The Hall–Kier alpha value is -2.48. The molecule has 1 atom stereocenters. The average Bonchev–Trinajstić information content (AvgIpc) is 2.53. The van der Waals surface area contributed by atoms with Crippen molar-refractivity contribution in [2.75, 3.05) is 18.7 Å². The Morgan fingerprint density at radius 3 is 2.83 bits per heavy atom. The number of aromatic nitrogens is 2. The lowest BCUT2D eigenvalue weighted by molar-refractivity contribution is -0.116. The number of aromatic hydroxyl groups is 1. The average molecular weight is 333 g/mol. The number of amides is 1. The molecule has 1 amide bonds. The van der Waals surface area contributed by atoms with Gasteiger partial charge < -0.3 is 20.1 Å². The van der Waals surface area contributed by atoms with Crippen LogP contribution in [0.1, 0.15) is 23.5 Å². The van der Waals surface area contributed by atoms with Gasteiger partial charge in [0.1, 0.15) is 5.82 Å². The Bertz CT molecular complexity index is 834. The van der Waals surface area contributed by atoms with E-state index in [-0.39, 0.29) is 29.5 Å². The molecule has 1 aliphatic heterocycles. The molecule has 2 aromatic rings. The third kappa shape index (κ3) is 2.77. The van der Waals surface area contributed by atoms with E-state index < -0.39 is 5.92 Å². The van der Waals surface area contributed by atoms with Crippen molar-refractivity contribution in [3.8, 4) is 11.5 Å². The number of hydrogen-bond donors (Lipinski definition) is 3. The highest BCUT2D eigenvalue weighted by Crippen LogP contribution is 2.37. The van der Waals surface area contributed by atoms with Crippen molar-refractivity contribution in [3.63, 3.8) is 0 Å². The maximum absolute atomic E-state index is 12.4. The van der Waals surface area contributed by atoms with Crippen LogP contribution in [0.3, 0.4) is 0 Å². The Labute approximate surface area is 136 Å². The molecule has 8 heteroatoms. The summed E-state index contributed by atoms with van der Waals surface area (Å²) >= 11 is 1.29. The number of anilines is 1. The predicted molar refractivity (Wildman–Crippen MR) is 86.4 cm³/mol. The van der Waals surface area contributed by atoms with Gasteiger partial charge in [-0.25, -0.2) is 4.98 Å². The highest BCUT2D eigenvalue weighted by atomic mass is 32.2. The molecule has 1 unspecified atom stereocenters. The molecule has 3 rings (SSSR count). The van der Waals surface area contributed by atoms with E-state index in [1.807, 2.05) is 0 Å². The molecule has 120 valence electrons. The molecular formula is C15H15N3O4S. The summed E-state index contributed by atoms with van der Waals surface area (Å²) in [5.74, 6) is -0.123. The molecule has 0 saturated carbocycles. The van der Waals surface area contributed by atoms with E-state index in [9.17, 15) is 14.7 Å². The lowest BCUT2D eigenvalue weighted by Crippen LogP contribution is -2.31. The number of benzene rings is 1. The molecule has 0 spiro atoms. The van der Waals surface area contributed by atoms with E-state index in [1.54, 1.807) is 18.4 Å². The van der Waals surface area contributed by atoms with E-state index in [2.05, 4.69) is 15.3 Å². The number of ether oxygens (including phenoxy) is 1. The first-order valence-electron chi connectivity index (χ1n) is 6.88. The molecule has 0 saturated heterocycles. The summed E-state index contributed by atoms with van der Waals surface area (Å²) < 4.78 is 5.02. The Morgan fingerprint density at radius 1 is 1.39 bits per heavy atom. The van der Waals surface area contributed by atoms with Crippen LogP contribution in [0, 0.1) is 0 Å². The van der Waals surface area contributed by atoms with Gasteiger partial charge in [-0.15, -0.1) is 0 Å². The zero-order valence-corrected chi connectivity index (χ0v) is 13.4. The van der Waals surface area contributed by atoms with Crippen LogP contribution >= 0.6 is 11.8 Å². The van der Waals surface area contributed by atoms with Crippen molar-refractivity contribution in [3.05, 3.63) is 39.7 Å². The van der Waals surface area contributed by atoms with Gasteiger partial charge in [-0.1, -0.05) is 17.8 Å². The highest BCUT2D eigenvalue weighted by Gasteiger charge is 2.31. The van der Waals surface area contributed by atoms with E-state index in [4.69, 9.17) is 4.74 Å². The molecule has 0 radical (unpaired) electrons. The Kier molecular flexibility index (Phi) is 3.99. The summed E-state index contributed by atoms with van der Waals surface area (Å²) in [6, 6.07) is 4.84. The molecule has 23 heavy (non-hydrogen) atoms. The van der Waals surface area contributed by atoms with Crippen LogP contribution in [0.25, 0.3) is 0 Å². The third-order valence-corrected chi connectivity index (χ3v) is 4.31. The van der Waals surface area contributed by atoms with Gasteiger partial charge in [0.15, 0.2) is 16.7 Å². The number of nitrogens with one attached hydrogen (secondary N) is 2. The maximum atomic E-state index is 12.4. The summed E-state index contributed by atoms with van der Waals surface area (Å²) in [5.41, 5.74) is 0.759. The van der Waals surface area contributed by atoms with Crippen molar-refractivity contribution in [1.82, 2.24) is 9.97 Å². The van der Waals surface area contributed by atoms with Crippen LogP contribution in [-0.4, -0.2) is 34.3 Å². The maximum Gasteiger partial charge on any atom is 0.257 e. The first-order chi connectivity index (χ1) is 11.0. The van der Waals surface area contributed by atoms with E-state index in [0.29, 0.717) is 22.0 Å². The number of phenols is 1. The fourth-order valence-corrected chi connectivity index (χ4v) is 3.03. The number of nitrogens with zero attached hydrogens (tertiary/aromatic N) is 1. The van der Waals surface area contributed by atoms with Crippen molar-refractivity contribution in [2.45, 2.75) is 17.5 Å². The van der Waals surface area contributed by atoms with Crippen molar-refractivity contribution in [1.29, 1.82) is 0 Å². The standard InChI is InChI=1S/C15H15N3O4S/c1-22-10-4-3-7(5-9(10)19)8-6-11(20)16-13-12(8)14(21)18-15(17-13)23-2/h3-5,8,19H,6H2,1-2H3,(H2,16,17,18,20,21). The summed E-state index contributed by atoms with van der Waals surface area (Å²) in [4.78, 5) is 31.3. The zero-order valence-electron chi connectivity index (χ0n) is 12.5. The number of fused-ring (bicyclic) bond motifs is 1. The van der Waals surface area contributed by atoms with Crippen LogP contribution in [0.4, 0.5) is 5.82 Å². The Morgan fingerprint density at radius 2 is 2.17 bits per heavy atom. The number of carbonyl (C=O) groups is 1. The smallest absolute Gasteiger partial charge is 0.257 e. The quantitative estimate of drug-likeness (QED) is 0.583. The van der Waals surface area contributed by atoms with Crippen molar-refractivity contribution >= 4 is 23.5 Å². The summed E-state index contributed by atoms with van der Waals surface area (Å²) in [6.45, 7) is 0. The fourth-order valence-electron chi connectivity index (χ4n) is 2.66. The van der Waals surface area contributed by atoms with Gasteiger partial charge in [0.2, 0.25) is 5.91 Å². The van der Waals surface area contributed by atoms with E-state index in [1.165, 1.54) is 24.9 Å². The first kappa shape index (κ1) is 15.4. The zero-order chi connectivity index (χ0) is 16.6. The fraction of sp³-hybridized carbons (Fsp3) is 0.267. The monoisotopic (exact) mass is 333 g/mol. The number of aromatic amines is 1. The topological polar surface area (TPSA) is 104 Å². The van der Waals surface area contributed by atoms with E-state index >= 15 is 0 Å². The number of H-pyrrole nitrogens is 1. The number of methoxy groups -OCH3 is 1. The minimum atomic E-state index is -0.470. The minimum absolute atomic E-state index is 0.0392. The number of thioether (sulfide) groups is 1. The van der Waals surface area contributed by atoms with Gasteiger partial charge in [-0.3, -0.25) is 9.59 Å².